The van der Waals surface area contributed by atoms with E-state index in [1.165, 1.54) is 32.1 Å². The first-order valence-corrected chi connectivity index (χ1v) is 6.25. The second kappa shape index (κ2) is 3.82. The molecular formula is C12H17NO3. The number of nitroso groups, excluding NO2 is 1. The largest absolute Gasteiger partial charge is 0.460 e. The van der Waals surface area contributed by atoms with E-state index in [0.717, 1.165) is 11.8 Å². The molecule has 4 rings (SSSR count). The van der Waals surface area contributed by atoms with Gasteiger partial charge in [-0.15, -0.1) is 0 Å². The van der Waals surface area contributed by atoms with E-state index in [4.69, 9.17) is 4.74 Å². The molecule has 16 heavy (non-hydrogen) atoms. The van der Waals surface area contributed by atoms with Crippen molar-refractivity contribution in [3.8, 4) is 0 Å². The van der Waals surface area contributed by atoms with Gasteiger partial charge in [-0.1, -0.05) is 5.18 Å². The summed E-state index contributed by atoms with van der Waals surface area (Å²) in [5.74, 6) is 2.44. The Hall–Kier alpha value is -0.930. The quantitative estimate of drug-likeness (QED) is 0.544. The van der Waals surface area contributed by atoms with Gasteiger partial charge in [0, 0.05) is 0 Å². The SMILES string of the molecule is O=NCC(=O)OC1C2CC3CC(C2)CC1C3. The van der Waals surface area contributed by atoms with Gasteiger partial charge in [0.05, 0.1) is 0 Å². The first-order chi connectivity index (χ1) is 7.76. The minimum atomic E-state index is -0.438. The highest BCUT2D eigenvalue weighted by Crippen LogP contribution is 2.54. The first-order valence-electron chi connectivity index (χ1n) is 6.25. The number of nitrogens with zero attached hydrogens (tertiary/aromatic N) is 1. The van der Waals surface area contributed by atoms with Gasteiger partial charge >= 0.3 is 5.97 Å². The molecule has 4 aliphatic rings. The van der Waals surface area contributed by atoms with E-state index in [0.29, 0.717) is 11.8 Å². The number of carbonyl (C=O) groups excluding carboxylic acids is 1. The molecule has 88 valence electrons. The lowest BCUT2D eigenvalue weighted by Gasteiger charge is -2.53. The van der Waals surface area contributed by atoms with Crippen LogP contribution in [0.5, 0.6) is 0 Å². The van der Waals surface area contributed by atoms with Crippen molar-refractivity contribution < 1.29 is 9.53 Å². The Kier molecular flexibility index (Phi) is 2.45. The van der Waals surface area contributed by atoms with Crippen molar-refractivity contribution in [1.82, 2.24) is 0 Å². The Bertz CT molecular complexity index is 287. The van der Waals surface area contributed by atoms with Crippen LogP contribution in [-0.4, -0.2) is 18.6 Å². The lowest BCUT2D eigenvalue weighted by Crippen LogP contribution is -2.50. The van der Waals surface area contributed by atoms with E-state index in [-0.39, 0.29) is 12.6 Å². The Morgan fingerprint density at radius 3 is 2.12 bits per heavy atom. The molecule has 0 N–H and O–H groups in total. The van der Waals surface area contributed by atoms with E-state index < -0.39 is 5.97 Å². The molecule has 4 fully saturated rings. The molecule has 0 aromatic rings. The van der Waals surface area contributed by atoms with Crippen LogP contribution in [0, 0.1) is 28.6 Å². The number of hydrogen-bond acceptors (Lipinski definition) is 4. The van der Waals surface area contributed by atoms with Crippen LogP contribution in [-0.2, 0) is 9.53 Å². The van der Waals surface area contributed by atoms with Gasteiger partial charge in [-0.25, -0.2) is 4.79 Å². The lowest BCUT2D eigenvalue weighted by molar-refractivity contribution is -0.169. The normalized spacial score (nSPS) is 44.4. The van der Waals surface area contributed by atoms with E-state index in [1.807, 2.05) is 0 Å². The summed E-state index contributed by atoms with van der Waals surface area (Å²) in [5, 5.41) is 2.59. The summed E-state index contributed by atoms with van der Waals surface area (Å²) in [6, 6.07) is 0. The molecule has 4 heteroatoms. The van der Waals surface area contributed by atoms with Crippen LogP contribution in [0.25, 0.3) is 0 Å². The van der Waals surface area contributed by atoms with E-state index in [2.05, 4.69) is 5.18 Å². The Labute approximate surface area is 94.7 Å². The predicted octanol–water partition coefficient (Wildman–Crippen LogP) is 2.12. The summed E-state index contributed by atoms with van der Waals surface area (Å²) in [5.41, 5.74) is 0. The Morgan fingerprint density at radius 1 is 1.06 bits per heavy atom. The lowest BCUT2D eigenvalue weighted by atomic mass is 9.55. The van der Waals surface area contributed by atoms with Crippen molar-refractivity contribution in [1.29, 1.82) is 0 Å². The van der Waals surface area contributed by atoms with Gasteiger partial charge in [-0.2, -0.15) is 4.91 Å². The van der Waals surface area contributed by atoms with Crippen LogP contribution in [0.4, 0.5) is 0 Å². The minimum Gasteiger partial charge on any atom is -0.460 e. The van der Waals surface area contributed by atoms with E-state index in [9.17, 15) is 9.70 Å². The van der Waals surface area contributed by atoms with Crippen molar-refractivity contribution >= 4 is 5.97 Å². The molecule has 4 nitrogen and oxygen atoms in total. The maximum absolute atomic E-state index is 11.3. The third-order valence-corrected chi connectivity index (χ3v) is 4.60. The highest BCUT2D eigenvalue weighted by Gasteiger charge is 2.49. The highest BCUT2D eigenvalue weighted by molar-refractivity contribution is 5.72. The molecule has 4 aliphatic carbocycles. The van der Waals surface area contributed by atoms with Gasteiger partial charge in [0.1, 0.15) is 6.10 Å². The molecule has 0 aromatic heterocycles. The van der Waals surface area contributed by atoms with Gasteiger partial charge in [0.15, 0.2) is 6.54 Å². The number of ether oxygens (including phenoxy) is 1. The van der Waals surface area contributed by atoms with Crippen LogP contribution in [0.1, 0.15) is 32.1 Å². The van der Waals surface area contributed by atoms with Gasteiger partial charge in [0.2, 0.25) is 0 Å². The first kappa shape index (κ1) is 10.2. The average molecular weight is 223 g/mol. The summed E-state index contributed by atoms with van der Waals surface area (Å²) in [7, 11) is 0. The molecule has 0 heterocycles. The maximum Gasteiger partial charge on any atom is 0.331 e. The summed E-state index contributed by atoms with van der Waals surface area (Å²) < 4.78 is 5.43. The summed E-state index contributed by atoms with van der Waals surface area (Å²) in [6.07, 6.45) is 6.36. The zero-order valence-corrected chi connectivity index (χ0v) is 9.30. The molecule has 0 radical (unpaired) electrons. The second-order valence-electron chi connectivity index (χ2n) is 5.67. The summed E-state index contributed by atoms with van der Waals surface area (Å²) in [6.45, 7) is -0.331. The smallest absolute Gasteiger partial charge is 0.331 e. The van der Waals surface area contributed by atoms with Gasteiger partial charge in [-0.3, -0.25) is 0 Å². The number of rotatable bonds is 3. The fourth-order valence-electron chi connectivity index (χ4n) is 4.31. The number of esters is 1. The minimum absolute atomic E-state index is 0.0852. The van der Waals surface area contributed by atoms with Crippen molar-refractivity contribution in [3.63, 3.8) is 0 Å². The third kappa shape index (κ3) is 1.64. The van der Waals surface area contributed by atoms with Crippen LogP contribution in [0.3, 0.4) is 0 Å². The van der Waals surface area contributed by atoms with Crippen molar-refractivity contribution in [2.75, 3.05) is 6.54 Å². The Balaban J connectivity index is 1.67. The predicted molar refractivity (Wildman–Crippen MR) is 57.6 cm³/mol. The van der Waals surface area contributed by atoms with Crippen molar-refractivity contribution in [2.45, 2.75) is 38.2 Å². The second-order valence-corrected chi connectivity index (χ2v) is 5.67. The van der Waals surface area contributed by atoms with Crippen LogP contribution in [0.15, 0.2) is 5.18 Å². The molecule has 0 amide bonds. The summed E-state index contributed by atoms with van der Waals surface area (Å²) >= 11 is 0. The monoisotopic (exact) mass is 223 g/mol. The van der Waals surface area contributed by atoms with Crippen molar-refractivity contribution in [2.24, 2.45) is 28.8 Å². The Morgan fingerprint density at radius 2 is 1.62 bits per heavy atom. The van der Waals surface area contributed by atoms with Crippen LogP contribution in [0.2, 0.25) is 0 Å². The molecule has 0 aliphatic heterocycles. The summed E-state index contributed by atoms with van der Waals surface area (Å²) in [4.78, 5) is 21.3. The molecule has 0 saturated heterocycles. The van der Waals surface area contributed by atoms with Gasteiger partial charge in [0.25, 0.3) is 0 Å². The third-order valence-electron chi connectivity index (χ3n) is 4.60. The topological polar surface area (TPSA) is 55.7 Å². The van der Waals surface area contributed by atoms with E-state index >= 15 is 0 Å². The molecule has 0 unspecified atom stereocenters. The van der Waals surface area contributed by atoms with E-state index in [1.54, 1.807) is 0 Å². The number of carbonyl (C=O) groups is 1. The molecule has 4 bridgehead atoms. The van der Waals surface area contributed by atoms with Crippen LogP contribution >= 0.6 is 0 Å². The number of hydrogen-bond donors (Lipinski definition) is 0. The average Bonchev–Trinajstić information content (AvgIpc) is 2.23. The molecule has 0 atom stereocenters. The molecular weight excluding hydrogens is 206 g/mol. The molecule has 0 aromatic carbocycles. The fraction of sp³-hybridized carbons (Fsp3) is 0.917. The zero-order valence-electron chi connectivity index (χ0n) is 9.30. The maximum atomic E-state index is 11.3. The zero-order chi connectivity index (χ0) is 11.1. The van der Waals surface area contributed by atoms with Crippen molar-refractivity contribution in [3.05, 3.63) is 4.91 Å². The molecule has 4 saturated carbocycles. The van der Waals surface area contributed by atoms with Gasteiger partial charge in [-0.05, 0) is 55.8 Å². The molecule has 0 spiro atoms. The fourth-order valence-corrected chi connectivity index (χ4v) is 4.31. The highest BCUT2D eigenvalue weighted by atomic mass is 16.5. The van der Waals surface area contributed by atoms with Gasteiger partial charge < -0.3 is 4.74 Å². The standard InChI is InChI=1S/C12H17NO3/c14-11(6-13-15)16-12-9-2-7-1-8(4-9)5-10(12)3-7/h7-10,12H,1-6H2. The van der Waals surface area contributed by atoms with Crippen LogP contribution < -0.4 is 0 Å².